The van der Waals surface area contributed by atoms with E-state index in [0.29, 0.717) is 12.0 Å². The van der Waals surface area contributed by atoms with Crippen molar-refractivity contribution in [3.05, 3.63) is 11.6 Å². The Bertz CT molecular complexity index is 599. The summed E-state index contributed by atoms with van der Waals surface area (Å²) in [6.45, 7) is 8.95. The van der Waals surface area contributed by atoms with Gasteiger partial charge < -0.3 is 14.6 Å². The molecule has 0 spiro atoms. The molecule has 3 aliphatic rings. The quantitative estimate of drug-likeness (QED) is 0.530. The summed E-state index contributed by atoms with van der Waals surface area (Å²) in [6.07, 6.45) is 2.92. The normalized spacial score (nSPS) is 44.7. The molecule has 3 fully saturated rings. The second-order valence-corrected chi connectivity index (χ2v) is 8.12. The van der Waals surface area contributed by atoms with Gasteiger partial charge in [-0.2, -0.15) is 0 Å². The molecule has 3 saturated heterocycles. The van der Waals surface area contributed by atoms with Gasteiger partial charge >= 0.3 is 11.9 Å². The van der Waals surface area contributed by atoms with Gasteiger partial charge in [0.2, 0.25) is 0 Å². The molecule has 5 atom stereocenters. The summed E-state index contributed by atoms with van der Waals surface area (Å²) in [7, 11) is 0. The van der Waals surface area contributed by atoms with Crippen LogP contribution in [0.15, 0.2) is 11.6 Å². The maximum atomic E-state index is 12.7. The van der Waals surface area contributed by atoms with Crippen molar-refractivity contribution in [3.8, 4) is 0 Å². The topological polar surface area (TPSA) is 76.1 Å². The molecular weight excluding hydrogens is 322 g/mol. The molecule has 0 aromatic carbocycles. The molecule has 0 aliphatic carbocycles. The Labute approximate surface area is 149 Å². The largest absolute Gasteiger partial charge is 0.460 e. The van der Waals surface area contributed by atoms with Gasteiger partial charge in [-0.25, -0.2) is 4.79 Å². The highest BCUT2D eigenvalue weighted by Crippen LogP contribution is 2.43. The fourth-order valence-corrected chi connectivity index (χ4v) is 4.44. The highest BCUT2D eigenvalue weighted by atomic mass is 16.6. The molecule has 0 saturated carbocycles. The summed E-state index contributed by atoms with van der Waals surface area (Å²) in [5.41, 5.74) is -1.17. The van der Waals surface area contributed by atoms with Crippen molar-refractivity contribution in [2.45, 2.75) is 76.7 Å². The van der Waals surface area contributed by atoms with E-state index in [2.05, 4.69) is 4.90 Å². The number of nitrogens with zero attached hydrogens (tertiary/aromatic N) is 1. The molecule has 6 nitrogen and oxygen atoms in total. The first-order chi connectivity index (χ1) is 11.7. The van der Waals surface area contributed by atoms with E-state index in [0.717, 1.165) is 25.9 Å². The Balaban J connectivity index is 1.95. The van der Waals surface area contributed by atoms with Crippen LogP contribution in [-0.4, -0.2) is 58.4 Å². The molecule has 6 heteroatoms. The fraction of sp³-hybridized carbons (Fsp3) is 0.789. The molecule has 3 rings (SSSR count). The Morgan fingerprint density at radius 1 is 1.16 bits per heavy atom. The lowest BCUT2D eigenvalue weighted by molar-refractivity contribution is -0.167. The third kappa shape index (κ3) is 3.10. The van der Waals surface area contributed by atoms with E-state index >= 15 is 0 Å². The summed E-state index contributed by atoms with van der Waals surface area (Å²) in [5.74, 6) is -0.978. The van der Waals surface area contributed by atoms with Gasteiger partial charge in [-0.1, -0.05) is 13.0 Å². The number of hydrogen-bond donors (Lipinski definition) is 1. The second kappa shape index (κ2) is 6.40. The van der Waals surface area contributed by atoms with Crippen LogP contribution in [-0.2, 0) is 19.1 Å². The monoisotopic (exact) mass is 351 g/mol. The number of hydrogen-bond acceptors (Lipinski definition) is 6. The molecule has 0 radical (unpaired) electrons. The van der Waals surface area contributed by atoms with Crippen LogP contribution in [0, 0.1) is 5.92 Å². The molecule has 140 valence electrons. The number of ether oxygens (including phenoxy) is 2. The summed E-state index contributed by atoms with van der Waals surface area (Å²) >= 11 is 0. The first kappa shape index (κ1) is 18.4. The second-order valence-electron chi connectivity index (χ2n) is 8.12. The van der Waals surface area contributed by atoms with Crippen LogP contribution in [0.2, 0.25) is 0 Å². The molecule has 0 aromatic heterocycles. The van der Waals surface area contributed by atoms with Crippen LogP contribution < -0.4 is 0 Å². The number of aliphatic hydroxyl groups is 1. The van der Waals surface area contributed by atoms with Crippen molar-refractivity contribution >= 4 is 11.9 Å². The lowest BCUT2D eigenvalue weighted by atomic mass is 9.82. The van der Waals surface area contributed by atoms with Gasteiger partial charge in [0.15, 0.2) is 0 Å². The molecule has 0 bridgehead atoms. The first-order valence-corrected chi connectivity index (χ1v) is 9.21. The Hall–Kier alpha value is -1.40. The molecule has 0 aromatic rings. The van der Waals surface area contributed by atoms with Gasteiger partial charge in [-0.3, -0.25) is 9.69 Å². The summed E-state index contributed by atoms with van der Waals surface area (Å²) < 4.78 is 11.6. The zero-order valence-electron chi connectivity index (χ0n) is 15.6. The standard InChI is InChI=1S/C19H29NO5/c1-5-13-10-12(2)18(3,23)11-16(21)24-14-6-8-20-9-7-15(19(14,20)4)25-17(13)22/h5,12,14-15,23H,6-11H2,1-4H3/b13-5+/t12-,14-,15+,18-,19+/m0/s1. The Morgan fingerprint density at radius 3 is 2.36 bits per heavy atom. The SMILES string of the molecule is C/C=C1\C[C@H](C)[C@@](C)(O)CC(=O)O[C@H]2CCN3CC[C@@H](OC1=O)[C@@]23C. The van der Waals surface area contributed by atoms with E-state index in [1.807, 2.05) is 13.8 Å². The van der Waals surface area contributed by atoms with Gasteiger partial charge in [0, 0.05) is 18.7 Å². The minimum Gasteiger partial charge on any atom is -0.460 e. The number of carbonyl (C=O) groups excluding carboxylic acids is 2. The molecule has 3 heterocycles. The summed E-state index contributed by atoms with van der Waals surface area (Å²) in [5, 5.41) is 10.7. The maximum Gasteiger partial charge on any atom is 0.334 e. The Morgan fingerprint density at radius 2 is 1.76 bits per heavy atom. The molecule has 0 unspecified atom stereocenters. The van der Waals surface area contributed by atoms with E-state index in [4.69, 9.17) is 9.47 Å². The van der Waals surface area contributed by atoms with Crippen molar-refractivity contribution in [3.63, 3.8) is 0 Å². The molecule has 1 N–H and O–H groups in total. The summed E-state index contributed by atoms with van der Waals surface area (Å²) in [4.78, 5) is 27.4. The molecule has 25 heavy (non-hydrogen) atoms. The number of esters is 2. The maximum absolute atomic E-state index is 12.7. The average Bonchev–Trinajstić information content (AvgIpc) is 3.00. The molecular formula is C19H29NO5. The summed E-state index contributed by atoms with van der Waals surface area (Å²) in [6, 6.07) is 0. The van der Waals surface area contributed by atoms with Crippen LogP contribution in [0.1, 0.15) is 53.4 Å². The lowest BCUT2D eigenvalue weighted by Gasteiger charge is -2.39. The number of carbonyl (C=O) groups is 2. The van der Waals surface area contributed by atoms with Gasteiger partial charge in [0.05, 0.1) is 17.6 Å². The van der Waals surface area contributed by atoms with E-state index in [1.54, 1.807) is 19.9 Å². The van der Waals surface area contributed by atoms with E-state index in [-0.39, 0.29) is 36.5 Å². The third-order valence-electron chi connectivity index (χ3n) is 6.53. The number of allylic oxidation sites excluding steroid dienone is 1. The zero-order valence-corrected chi connectivity index (χ0v) is 15.6. The van der Waals surface area contributed by atoms with Crippen LogP contribution in [0.4, 0.5) is 0 Å². The van der Waals surface area contributed by atoms with Gasteiger partial charge in [0.25, 0.3) is 0 Å². The van der Waals surface area contributed by atoms with Crippen LogP contribution >= 0.6 is 0 Å². The zero-order chi connectivity index (χ0) is 18.4. The fourth-order valence-electron chi connectivity index (χ4n) is 4.44. The van der Waals surface area contributed by atoms with Crippen molar-refractivity contribution in [2.75, 3.05) is 13.1 Å². The average molecular weight is 351 g/mol. The van der Waals surface area contributed by atoms with Crippen molar-refractivity contribution in [1.82, 2.24) is 4.90 Å². The minimum absolute atomic E-state index is 0.0720. The molecule has 0 amide bonds. The van der Waals surface area contributed by atoms with Gasteiger partial charge in [0.1, 0.15) is 12.2 Å². The highest BCUT2D eigenvalue weighted by molar-refractivity contribution is 5.88. The van der Waals surface area contributed by atoms with Gasteiger partial charge in [-0.15, -0.1) is 0 Å². The van der Waals surface area contributed by atoms with E-state index in [9.17, 15) is 14.7 Å². The van der Waals surface area contributed by atoms with Gasteiger partial charge in [-0.05, 0) is 46.0 Å². The van der Waals surface area contributed by atoms with Crippen LogP contribution in [0.5, 0.6) is 0 Å². The van der Waals surface area contributed by atoms with E-state index < -0.39 is 11.1 Å². The minimum atomic E-state index is -1.24. The molecule has 3 aliphatic heterocycles. The predicted molar refractivity (Wildman–Crippen MR) is 91.8 cm³/mol. The third-order valence-corrected chi connectivity index (χ3v) is 6.53. The Kier molecular flexibility index (Phi) is 4.71. The predicted octanol–water partition coefficient (Wildman–Crippen LogP) is 1.81. The van der Waals surface area contributed by atoms with Crippen LogP contribution in [0.25, 0.3) is 0 Å². The van der Waals surface area contributed by atoms with Crippen molar-refractivity contribution in [1.29, 1.82) is 0 Å². The first-order valence-electron chi connectivity index (χ1n) is 9.21. The number of rotatable bonds is 0. The smallest absolute Gasteiger partial charge is 0.334 e. The highest BCUT2D eigenvalue weighted by Gasteiger charge is 2.58. The van der Waals surface area contributed by atoms with E-state index in [1.165, 1.54) is 0 Å². The lowest BCUT2D eigenvalue weighted by Crippen LogP contribution is -2.54. The van der Waals surface area contributed by atoms with Crippen molar-refractivity contribution in [2.24, 2.45) is 5.92 Å². The van der Waals surface area contributed by atoms with Crippen molar-refractivity contribution < 1.29 is 24.2 Å². The van der Waals surface area contributed by atoms with Crippen LogP contribution in [0.3, 0.4) is 0 Å².